The number of nitrogens with one attached hydrogen (secondary N) is 3. The topological polar surface area (TPSA) is 113 Å². The van der Waals surface area contributed by atoms with Crippen molar-refractivity contribution in [2.24, 2.45) is 0 Å². The number of anilines is 1. The van der Waals surface area contributed by atoms with Gasteiger partial charge in [-0.05, 0) is 18.2 Å². The maximum atomic E-state index is 11.9. The number of hydrogen-bond donors (Lipinski definition) is 3. The zero-order valence-corrected chi connectivity index (χ0v) is 11.3. The number of amides is 3. The van der Waals surface area contributed by atoms with Crippen molar-refractivity contribution in [3.05, 3.63) is 70.3 Å². The number of hydrazine groups is 1. The lowest BCUT2D eigenvalue weighted by molar-refractivity contribution is -0.385. The van der Waals surface area contributed by atoms with Crippen LogP contribution in [-0.4, -0.2) is 16.9 Å². The summed E-state index contributed by atoms with van der Waals surface area (Å²) in [6.07, 6.45) is 0. The van der Waals surface area contributed by atoms with Crippen LogP contribution in [0, 0.1) is 10.1 Å². The summed E-state index contributed by atoms with van der Waals surface area (Å²) >= 11 is 0. The van der Waals surface area contributed by atoms with Gasteiger partial charge in [0.05, 0.1) is 4.92 Å². The largest absolute Gasteiger partial charge is 0.337 e. The Balaban J connectivity index is 1.96. The van der Waals surface area contributed by atoms with E-state index in [1.165, 1.54) is 24.3 Å². The molecule has 0 saturated heterocycles. The predicted octanol–water partition coefficient (Wildman–Crippen LogP) is 2.06. The monoisotopic (exact) mass is 300 g/mol. The summed E-state index contributed by atoms with van der Waals surface area (Å²) in [7, 11) is 0. The van der Waals surface area contributed by atoms with E-state index in [1.807, 2.05) is 0 Å². The Labute approximate surface area is 125 Å². The van der Waals surface area contributed by atoms with Crippen LogP contribution in [0.15, 0.2) is 54.6 Å². The third-order valence-electron chi connectivity index (χ3n) is 2.67. The van der Waals surface area contributed by atoms with Crippen LogP contribution in [0.3, 0.4) is 0 Å². The molecular formula is C14H12N4O4. The van der Waals surface area contributed by atoms with E-state index in [-0.39, 0.29) is 11.3 Å². The average molecular weight is 300 g/mol. The highest BCUT2D eigenvalue weighted by molar-refractivity contribution is 5.99. The number of hydrogen-bond acceptors (Lipinski definition) is 4. The quantitative estimate of drug-likeness (QED) is 0.594. The molecule has 0 aliphatic rings. The van der Waals surface area contributed by atoms with Crippen LogP contribution >= 0.6 is 0 Å². The van der Waals surface area contributed by atoms with Gasteiger partial charge in [0.25, 0.3) is 11.6 Å². The van der Waals surface area contributed by atoms with Gasteiger partial charge < -0.3 is 5.32 Å². The molecule has 0 bridgehead atoms. The van der Waals surface area contributed by atoms with Crippen LogP contribution in [0.4, 0.5) is 16.2 Å². The molecule has 0 saturated carbocycles. The SMILES string of the molecule is O=C(NNC(=O)c1ccccc1[N+](=O)[O-])Nc1ccccc1. The summed E-state index contributed by atoms with van der Waals surface area (Å²) < 4.78 is 0. The summed E-state index contributed by atoms with van der Waals surface area (Å²) in [5.74, 6) is -0.782. The molecule has 0 spiro atoms. The Kier molecular flexibility index (Phi) is 4.66. The fourth-order valence-electron chi connectivity index (χ4n) is 1.69. The lowest BCUT2D eigenvalue weighted by atomic mass is 10.2. The molecule has 3 N–H and O–H groups in total. The molecule has 8 nitrogen and oxygen atoms in total. The minimum atomic E-state index is -0.782. The van der Waals surface area contributed by atoms with Gasteiger partial charge >= 0.3 is 6.03 Å². The zero-order chi connectivity index (χ0) is 15.9. The lowest BCUT2D eigenvalue weighted by Crippen LogP contribution is -2.44. The molecule has 0 heterocycles. The van der Waals surface area contributed by atoms with Gasteiger partial charge in [-0.3, -0.25) is 20.3 Å². The van der Waals surface area contributed by atoms with Crippen molar-refractivity contribution in [1.82, 2.24) is 10.9 Å². The Morgan fingerprint density at radius 3 is 2.23 bits per heavy atom. The van der Waals surface area contributed by atoms with E-state index in [2.05, 4.69) is 16.2 Å². The highest BCUT2D eigenvalue weighted by Crippen LogP contribution is 2.16. The third-order valence-corrected chi connectivity index (χ3v) is 2.67. The second kappa shape index (κ2) is 6.84. The number of carbonyl (C=O) groups is 2. The van der Waals surface area contributed by atoms with Gasteiger partial charge in [-0.1, -0.05) is 30.3 Å². The van der Waals surface area contributed by atoms with Gasteiger partial charge in [0.2, 0.25) is 0 Å². The number of carbonyl (C=O) groups excluding carboxylic acids is 2. The number of nitro benzene ring substituents is 1. The summed E-state index contributed by atoms with van der Waals surface area (Å²) in [6.45, 7) is 0. The van der Waals surface area contributed by atoms with Crippen molar-refractivity contribution in [3.63, 3.8) is 0 Å². The van der Waals surface area contributed by atoms with E-state index in [0.29, 0.717) is 5.69 Å². The molecule has 2 aromatic rings. The first-order valence-electron chi connectivity index (χ1n) is 6.24. The predicted molar refractivity (Wildman–Crippen MR) is 79.2 cm³/mol. The first-order valence-corrected chi connectivity index (χ1v) is 6.24. The Morgan fingerprint density at radius 2 is 1.55 bits per heavy atom. The van der Waals surface area contributed by atoms with Gasteiger partial charge in [0, 0.05) is 11.8 Å². The van der Waals surface area contributed by atoms with E-state index in [1.54, 1.807) is 30.3 Å². The second-order valence-electron chi connectivity index (χ2n) is 4.17. The van der Waals surface area contributed by atoms with Crippen LogP contribution in [0.25, 0.3) is 0 Å². The van der Waals surface area contributed by atoms with Crippen molar-refractivity contribution in [2.45, 2.75) is 0 Å². The van der Waals surface area contributed by atoms with Crippen LogP contribution in [0.2, 0.25) is 0 Å². The van der Waals surface area contributed by atoms with Crippen molar-refractivity contribution in [3.8, 4) is 0 Å². The summed E-state index contributed by atoms with van der Waals surface area (Å²) in [5, 5.41) is 13.3. The van der Waals surface area contributed by atoms with Crippen LogP contribution in [0.1, 0.15) is 10.4 Å². The molecule has 2 aromatic carbocycles. The molecule has 0 aliphatic carbocycles. The van der Waals surface area contributed by atoms with Crippen molar-refractivity contribution in [2.75, 3.05) is 5.32 Å². The van der Waals surface area contributed by atoms with Gasteiger partial charge in [-0.15, -0.1) is 0 Å². The molecule has 2 rings (SSSR count). The highest BCUT2D eigenvalue weighted by Gasteiger charge is 2.19. The number of nitrogens with zero attached hydrogens (tertiary/aromatic N) is 1. The average Bonchev–Trinajstić information content (AvgIpc) is 2.53. The smallest absolute Gasteiger partial charge is 0.307 e. The van der Waals surface area contributed by atoms with Crippen molar-refractivity contribution in [1.29, 1.82) is 0 Å². The summed E-state index contributed by atoms with van der Waals surface area (Å²) in [6, 6.07) is 13.4. The summed E-state index contributed by atoms with van der Waals surface area (Å²) in [5.41, 5.74) is 4.29. The molecular weight excluding hydrogens is 288 g/mol. The van der Waals surface area contributed by atoms with Crippen LogP contribution < -0.4 is 16.2 Å². The van der Waals surface area contributed by atoms with E-state index >= 15 is 0 Å². The van der Waals surface area contributed by atoms with E-state index in [4.69, 9.17) is 0 Å². The molecule has 0 fully saturated rings. The number of para-hydroxylation sites is 2. The molecule has 0 aromatic heterocycles. The fourth-order valence-corrected chi connectivity index (χ4v) is 1.69. The third kappa shape index (κ3) is 3.79. The molecule has 8 heteroatoms. The van der Waals surface area contributed by atoms with E-state index in [9.17, 15) is 19.7 Å². The first kappa shape index (κ1) is 15.0. The maximum absolute atomic E-state index is 11.9. The molecule has 3 amide bonds. The van der Waals surface area contributed by atoms with Gasteiger partial charge in [-0.25, -0.2) is 10.2 Å². The molecule has 0 radical (unpaired) electrons. The number of rotatable bonds is 3. The molecule has 22 heavy (non-hydrogen) atoms. The fraction of sp³-hybridized carbons (Fsp3) is 0. The molecule has 0 atom stereocenters. The zero-order valence-electron chi connectivity index (χ0n) is 11.3. The number of nitro groups is 1. The lowest BCUT2D eigenvalue weighted by Gasteiger charge is -2.09. The Morgan fingerprint density at radius 1 is 0.909 bits per heavy atom. The Bertz CT molecular complexity index is 703. The Hall–Kier alpha value is -3.42. The number of urea groups is 1. The minimum absolute atomic E-state index is 0.146. The van der Waals surface area contributed by atoms with Crippen molar-refractivity contribution >= 4 is 23.3 Å². The summed E-state index contributed by atoms with van der Waals surface area (Å²) in [4.78, 5) is 33.6. The molecule has 112 valence electrons. The van der Waals surface area contributed by atoms with Crippen LogP contribution in [0.5, 0.6) is 0 Å². The normalized spacial score (nSPS) is 9.64. The first-order chi connectivity index (χ1) is 10.6. The molecule has 0 aliphatic heterocycles. The van der Waals surface area contributed by atoms with Crippen LogP contribution in [-0.2, 0) is 0 Å². The maximum Gasteiger partial charge on any atom is 0.337 e. The number of benzene rings is 2. The van der Waals surface area contributed by atoms with Gasteiger partial charge in [-0.2, -0.15) is 0 Å². The molecule has 0 unspecified atom stereocenters. The van der Waals surface area contributed by atoms with E-state index in [0.717, 1.165) is 0 Å². The van der Waals surface area contributed by atoms with Gasteiger partial charge in [0.15, 0.2) is 0 Å². The van der Waals surface area contributed by atoms with E-state index < -0.39 is 16.9 Å². The highest BCUT2D eigenvalue weighted by atomic mass is 16.6. The second-order valence-corrected chi connectivity index (χ2v) is 4.17. The standard InChI is InChI=1S/C14H12N4O4/c19-13(11-8-4-5-9-12(11)18(21)22)16-17-14(20)15-10-6-2-1-3-7-10/h1-9H,(H,16,19)(H2,15,17,20). The minimum Gasteiger partial charge on any atom is -0.307 e. The van der Waals surface area contributed by atoms with Crippen molar-refractivity contribution < 1.29 is 14.5 Å². The van der Waals surface area contributed by atoms with Gasteiger partial charge in [0.1, 0.15) is 5.56 Å².